The maximum atomic E-state index is 14.3. The normalized spacial score (nSPS) is 20.8. The Bertz CT molecular complexity index is 4850. The summed E-state index contributed by atoms with van der Waals surface area (Å²) >= 11 is 0. The highest BCUT2D eigenvalue weighted by atomic mass is 31.3. The lowest BCUT2D eigenvalue weighted by Gasteiger charge is -2.50. The SMILES string of the molecule is CC(=O)N[C@H]1[C@H](O[C@H]2[C@H](O[C@H](C)C(=O)N[C@@H](C)C(=O)N[C@H](CCC(=O)N[C@@H](CCCCNC(=O)CNC(=O)CNC(=O)CNC(=O)CNC(=O)C[NH3+])C(=O)N[C@H](C)C(=O)N[C@H](C)C(=O)[O-])C(N)=O)[C@@H](NC(C)=O)[C@@H](OP(=O)([O-])OP(=O)([O-])OC/C=C(/C)CC/C=C(/C)CC/C=C(/C)CC/C=C(/C)CC/C=C(/C)CC/C=C(/C)CC/C=C(/C)CC/C=C(/C)CC/C=C(\C)CC/C=C(\C)CCC=C(C)C)O[C@@H]2CO)O[C@H](CO)[C@@H](O)[C@@H]1O. The average Bonchev–Trinajstić information content (AvgIpc) is 0.763. The van der Waals surface area contributed by atoms with Crippen LogP contribution in [-0.2, 0) is 109 Å². The molecule has 2 aliphatic rings. The van der Waals surface area contributed by atoms with Crippen molar-refractivity contribution in [1.82, 2.24) is 63.8 Å². The highest BCUT2D eigenvalue weighted by Gasteiger charge is 2.55. The molecule has 2 aliphatic heterocycles. The van der Waals surface area contributed by atoms with Crippen molar-refractivity contribution >= 4 is 98.4 Å². The summed E-state index contributed by atoms with van der Waals surface area (Å²) in [5.74, 6) is -13.4. The molecule has 44 nitrogen and oxygen atoms in total. The van der Waals surface area contributed by atoms with Crippen molar-refractivity contribution in [2.45, 2.75) is 383 Å². The minimum atomic E-state index is -6.30. The Balaban J connectivity index is 2.14. The molecular formula is C104H170N14O30P2-2. The Morgan fingerprint density at radius 2 is 0.767 bits per heavy atom. The Morgan fingerprint density at radius 3 is 1.15 bits per heavy atom. The second-order valence-corrected chi connectivity index (χ2v) is 41.5. The fourth-order valence-corrected chi connectivity index (χ4v) is 17.3. The molecule has 46 heteroatoms. The van der Waals surface area contributed by atoms with Gasteiger partial charge in [-0.25, -0.2) is 4.31 Å². The van der Waals surface area contributed by atoms with Crippen LogP contribution in [0.1, 0.15) is 285 Å². The van der Waals surface area contributed by atoms with Gasteiger partial charge in [0.15, 0.2) is 19.1 Å². The Morgan fingerprint density at radius 1 is 0.400 bits per heavy atom. The molecule has 0 bridgehead atoms. The van der Waals surface area contributed by atoms with Gasteiger partial charge in [0.1, 0.15) is 79.0 Å². The van der Waals surface area contributed by atoms with Crippen LogP contribution in [-0.4, -0.2) is 260 Å². The van der Waals surface area contributed by atoms with Gasteiger partial charge in [0, 0.05) is 26.8 Å². The molecule has 13 amide bonds. The first-order valence-corrected chi connectivity index (χ1v) is 54.2. The lowest BCUT2D eigenvalue weighted by Crippen LogP contribution is -2.70. The molecule has 2 saturated heterocycles. The number of unbranched alkanes of at least 4 members (excludes halogenated alkanes) is 1. The third-order valence-corrected chi connectivity index (χ3v) is 26.9. The lowest BCUT2D eigenvalue weighted by molar-refractivity contribution is -0.355. The molecule has 0 radical (unpaired) electrons. The number of hydrogen-bond acceptors (Lipinski definition) is 30. The first-order valence-electron chi connectivity index (χ1n) is 51.3. The van der Waals surface area contributed by atoms with E-state index in [9.17, 15) is 112 Å². The molecule has 150 heavy (non-hydrogen) atoms. The van der Waals surface area contributed by atoms with Crippen molar-refractivity contribution in [3.05, 3.63) is 128 Å². The van der Waals surface area contributed by atoms with Crippen LogP contribution in [0.5, 0.6) is 0 Å². The lowest BCUT2D eigenvalue weighted by atomic mass is 9.94. The van der Waals surface area contributed by atoms with Gasteiger partial charge in [-0.15, -0.1) is 0 Å². The number of nitrogens with two attached hydrogens (primary N) is 1. The molecule has 0 aromatic heterocycles. The Labute approximate surface area is 883 Å². The summed E-state index contributed by atoms with van der Waals surface area (Å²) < 4.78 is 65.7. The number of amides is 13. The van der Waals surface area contributed by atoms with Gasteiger partial charge in [0.25, 0.3) is 21.6 Å². The van der Waals surface area contributed by atoms with E-state index >= 15 is 0 Å². The van der Waals surface area contributed by atoms with Gasteiger partial charge in [-0.2, -0.15) is 0 Å². The van der Waals surface area contributed by atoms with E-state index in [-0.39, 0.29) is 32.4 Å². The van der Waals surface area contributed by atoms with E-state index < -0.39 is 255 Å². The van der Waals surface area contributed by atoms with Crippen LogP contribution in [0, 0.1) is 0 Å². The van der Waals surface area contributed by atoms with Crippen molar-refractivity contribution < 1.29 is 150 Å². The van der Waals surface area contributed by atoms with E-state index in [0.29, 0.717) is 18.4 Å². The van der Waals surface area contributed by atoms with Gasteiger partial charge in [-0.3, -0.25) is 76.0 Å². The summed E-state index contributed by atoms with van der Waals surface area (Å²) in [7, 11) is -12.2. The number of quaternary nitrogens is 1. The van der Waals surface area contributed by atoms with Crippen LogP contribution in [0.25, 0.3) is 0 Å². The summed E-state index contributed by atoms with van der Waals surface area (Å²) in [5, 5.41) is 82.3. The molecule has 0 saturated carbocycles. The van der Waals surface area contributed by atoms with Crippen molar-refractivity contribution in [2.24, 2.45) is 5.73 Å². The highest BCUT2D eigenvalue weighted by Crippen LogP contribution is 2.57. The first-order chi connectivity index (χ1) is 70.6. The molecule has 848 valence electrons. The van der Waals surface area contributed by atoms with Crippen LogP contribution in [0.3, 0.4) is 0 Å². The molecular weight excluding hydrogens is 1990 g/mol. The van der Waals surface area contributed by atoms with Crippen LogP contribution < -0.4 is 90.2 Å². The number of allylic oxidation sites excluding steroid dienone is 21. The predicted octanol–water partition coefficient (Wildman–Crippen LogP) is 4.02. The highest BCUT2D eigenvalue weighted by molar-refractivity contribution is 7.59. The maximum absolute atomic E-state index is 14.3. The topological polar surface area (TPSA) is 686 Å². The molecule has 2 heterocycles. The number of carboxylic acids is 1. The van der Waals surface area contributed by atoms with E-state index in [4.69, 9.17) is 33.7 Å². The number of primary amides is 1. The van der Waals surface area contributed by atoms with Crippen LogP contribution >= 0.6 is 15.6 Å². The van der Waals surface area contributed by atoms with Crippen LogP contribution in [0.15, 0.2) is 128 Å². The summed E-state index contributed by atoms with van der Waals surface area (Å²) in [6.45, 7) is 27.0. The number of carboxylic acid groups (broad SMARTS) is 1. The fourth-order valence-electron chi connectivity index (χ4n) is 15.3. The number of ether oxygens (including phenoxy) is 4. The van der Waals surface area contributed by atoms with E-state index in [0.717, 1.165) is 156 Å². The summed E-state index contributed by atoms with van der Waals surface area (Å²) in [5.41, 5.74) is 23.6. The van der Waals surface area contributed by atoms with Crippen molar-refractivity contribution in [1.29, 1.82) is 0 Å². The second-order valence-electron chi connectivity index (χ2n) is 38.6. The quantitative estimate of drug-likeness (QED) is 0.0232. The minimum Gasteiger partial charge on any atom is -0.756 e. The monoisotopic (exact) mass is 2160 g/mol. The predicted molar refractivity (Wildman–Crippen MR) is 557 cm³/mol. The fraction of sp³-hybridized carbons (Fsp3) is 0.654. The van der Waals surface area contributed by atoms with Crippen molar-refractivity contribution in [2.75, 3.05) is 59.1 Å². The molecule has 2 unspecified atom stereocenters. The van der Waals surface area contributed by atoms with Crippen LogP contribution in [0.4, 0.5) is 0 Å². The molecule has 2 rings (SSSR count). The molecule has 21 N–H and O–H groups in total. The van der Waals surface area contributed by atoms with Gasteiger partial charge < -0.3 is 139 Å². The van der Waals surface area contributed by atoms with E-state index in [1.165, 1.54) is 63.2 Å². The third-order valence-electron chi connectivity index (χ3n) is 24.4. The molecule has 0 aromatic carbocycles. The standard InChI is InChI=1S/C104H172N14O30P2/c1-64(2)31-21-32-65(3)33-22-34-66(4)35-23-36-67(5)37-24-38-68(6)39-25-40-69(7)41-26-42-70(8)43-27-44-71(9)45-28-46-72(10)47-29-48-73(11)49-30-50-74(12)54-56-142-149(138,139)148-150(140,141)147-104-92(116-80(18)122)96(95(84(63-120)145-104)146-103-91(115-79(17)121)94(130)93(129)83(62-119)144-103)143-78(16)100(134)112-76(14)99(133)118-81(97(106)131)52-53-85(123)117-82(101(135)113-75(13)98(132)114-77(15)102(136)137)51-19-20-55-107-87(125)58-109-89(127)60-111-90(128)61-110-88(126)59-108-86(124)57-105/h31,33,35,37,39,41,43,45,47,49,54,75-78,81-84,91-96,103-104,119-120,129-130H,19-30,32,34,36,38,40,42,44,46,48,50-53,55-63,105H2,1-18H3,(H2,106,131)(H,107,125)(H,108,124)(H,109,127)(H,110,126)(H,111,128)(H,112,134)(H,113,135)(H,114,132)(H,115,121)(H,116,122)(H,117,123)(H,118,133)(H,136,137)(H,138,139)(H,140,141)/p-2/b65-33+,66-35+,67-37-,68-39-,69-41-,70-43-,71-45-,72-47-,73-49-,74-54-/t75-,76+,77-,78-,81-,82+,83-,84-,91-,92-,93-,94-,95-,96-,103+,104-/m1/s1. The summed E-state index contributed by atoms with van der Waals surface area (Å²) in [4.78, 5) is 206. The first kappa shape index (κ1) is 136. The molecule has 0 aliphatic carbocycles. The van der Waals surface area contributed by atoms with Gasteiger partial charge in [0.2, 0.25) is 70.9 Å². The molecule has 0 aromatic rings. The van der Waals surface area contributed by atoms with Gasteiger partial charge in [-0.05, 0) is 265 Å². The number of carbonyl (C=O) groups is 14. The van der Waals surface area contributed by atoms with Gasteiger partial charge in [0.05, 0.1) is 58.0 Å². The second kappa shape index (κ2) is 73.8. The third kappa shape index (κ3) is 60.2. The Hall–Kier alpha value is -10.4. The number of rotatable bonds is 73. The number of aliphatic hydroxyl groups is 4. The Kier molecular flexibility index (Phi) is 66.7. The van der Waals surface area contributed by atoms with Gasteiger partial charge >= 0.3 is 0 Å². The number of phosphoric ester groups is 2. The average molecular weight is 2160 g/mol. The van der Waals surface area contributed by atoms with Gasteiger partial charge in [-0.1, -0.05) is 128 Å². The molecule has 0 spiro atoms. The molecule has 2 fully saturated rings. The van der Waals surface area contributed by atoms with Crippen molar-refractivity contribution in [3.8, 4) is 0 Å². The summed E-state index contributed by atoms with van der Waals surface area (Å²) in [6.07, 6.45) is 25.1. The number of nitrogens with one attached hydrogen (secondary N) is 12. The molecule has 18 atom stereocenters. The van der Waals surface area contributed by atoms with E-state index in [1.54, 1.807) is 6.92 Å². The van der Waals surface area contributed by atoms with E-state index in [1.807, 2.05) is 6.92 Å². The number of carbonyl (C=O) groups excluding carboxylic acids is 14. The maximum Gasteiger partial charge on any atom is 0.276 e. The summed E-state index contributed by atoms with van der Waals surface area (Å²) in [6, 6.07) is -11.6. The smallest absolute Gasteiger partial charge is 0.276 e. The zero-order valence-corrected chi connectivity index (χ0v) is 92.5. The van der Waals surface area contributed by atoms with Crippen molar-refractivity contribution in [3.63, 3.8) is 0 Å². The number of aliphatic hydroxyl groups excluding tert-OH is 4. The minimum absolute atomic E-state index is 0.0599. The number of phosphoric acid groups is 2. The zero-order valence-electron chi connectivity index (χ0n) is 90.7. The van der Waals surface area contributed by atoms with Crippen LogP contribution in [0.2, 0.25) is 0 Å². The largest absolute Gasteiger partial charge is 0.756 e. The van der Waals surface area contributed by atoms with E-state index in [2.05, 4.69) is 204 Å². The number of aliphatic carboxylic acids is 1. The zero-order chi connectivity index (χ0) is 113. The number of hydrogen-bond donors (Lipinski definition) is 18.